The average molecular weight is 323 g/mol. The van der Waals surface area contributed by atoms with Crippen LogP contribution in [0.25, 0.3) is 10.2 Å². The number of nitrogens with one attached hydrogen (secondary N) is 1. The predicted octanol–water partition coefficient (Wildman–Crippen LogP) is 2.50. The fourth-order valence-corrected chi connectivity index (χ4v) is 2.72. The van der Waals surface area contributed by atoms with Gasteiger partial charge in [-0.15, -0.1) is 11.3 Å². The van der Waals surface area contributed by atoms with Crippen molar-refractivity contribution in [2.45, 2.75) is 0 Å². The normalized spacial score (nSPS) is 9.91. The van der Waals surface area contributed by atoms with E-state index in [9.17, 15) is 4.79 Å². The summed E-state index contributed by atoms with van der Waals surface area (Å²) in [7, 11) is 0. The molecule has 0 aliphatic heterocycles. The molecule has 0 unspecified atom stereocenters. The van der Waals surface area contributed by atoms with Gasteiger partial charge in [0.25, 0.3) is 5.91 Å². The monoisotopic (exact) mass is 323 g/mol. The molecule has 1 aromatic carbocycles. The van der Waals surface area contributed by atoms with Gasteiger partial charge in [-0.2, -0.15) is 0 Å². The van der Waals surface area contributed by atoms with E-state index in [1.807, 2.05) is 30.3 Å². The second kappa shape index (κ2) is 7.38. The van der Waals surface area contributed by atoms with Crippen LogP contribution in [0.15, 0.2) is 48.8 Å². The van der Waals surface area contributed by atoms with Crippen LogP contribution < -0.4 is 10.1 Å². The van der Waals surface area contributed by atoms with Gasteiger partial charge >= 0.3 is 0 Å². The van der Waals surface area contributed by atoms with E-state index >= 15 is 0 Å². The molecule has 3 rings (SSSR count). The Bertz CT molecular complexity index is 832. The first-order chi connectivity index (χ1) is 11.3. The van der Waals surface area contributed by atoms with Crippen molar-refractivity contribution in [3.8, 4) is 17.6 Å². The summed E-state index contributed by atoms with van der Waals surface area (Å²) in [6.45, 7) is 0.508. The van der Waals surface area contributed by atoms with Gasteiger partial charge in [0.05, 0.1) is 23.0 Å². The molecule has 0 saturated carbocycles. The van der Waals surface area contributed by atoms with Gasteiger partial charge in [-0.25, -0.2) is 4.98 Å². The lowest BCUT2D eigenvalue weighted by molar-refractivity contribution is 0.0958. The number of rotatable bonds is 4. The molecule has 114 valence electrons. The van der Waals surface area contributed by atoms with E-state index < -0.39 is 0 Å². The summed E-state index contributed by atoms with van der Waals surface area (Å²) in [5, 5.41) is 3.17. The zero-order valence-corrected chi connectivity index (χ0v) is 13.0. The number of fused-ring (bicyclic) bond motifs is 1. The number of thiazole rings is 1. The topological polar surface area (TPSA) is 64.1 Å². The molecule has 1 N–H and O–H groups in total. The quantitative estimate of drug-likeness (QED) is 0.749. The molecule has 2 heterocycles. The van der Waals surface area contributed by atoms with Crippen LogP contribution in [0.1, 0.15) is 9.80 Å². The number of pyridine rings is 1. The van der Waals surface area contributed by atoms with Gasteiger partial charge in [-0.05, 0) is 24.3 Å². The highest BCUT2D eigenvalue weighted by Gasteiger charge is 2.10. The van der Waals surface area contributed by atoms with E-state index in [0.717, 1.165) is 10.2 Å². The standard InChI is InChI=1S/C17H13N3O2S/c21-16(17-20-14-7-1-2-8-15(14)23-17)19-10-3-4-11-22-13-6-5-9-18-12-13/h1-2,5-9,12H,10-11H2,(H,19,21). The molecule has 0 aliphatic carbocycles. The summed E-state index contributed by atoms with van der Waals surface area (Å²) in [4.78, 5) is 20.2. The number of para-hydroxylation sites is 1. The first-order valence-electron chi connectivity index (χ1n) is 6.95. The smallest absolute Gasteiger partial charge is 0.281 e. The Labute approximate surface area is 137 Å². The predicted molar refractivity (Wildman–Crippen MR) is 89.5 cm³/mol. The van der Waals surface area contributed by atoms with Crippen LogP contribution in [-0.4, -0.2) is 29.0 Å². The third kappa shape index (κ3) is 4.05. The number of amides is 1. The minimum absolute atomic E-state index is 0.214. The molecule has 0 aliphatic rings. The maximum absolute atomic E-state index is 12.0. The maximum atomic E-state index is 12.0. The van der Waals surface area contributed by atoms with E-state index in [1.165, 1.54) is 11.3 Å². The zero-order chi connectivity index (χ0) is 15.9. The van der Waals surface area contributed by atoms with E-state index in [-0.39, 0.29) is 19.1 Å². The molecular formula is C17H13N3O2S. The number of benzene rings is 1. The Morgan fingerprint density at radius 3 is 2.96 bits per heavy atom. The van der Waals surface area contributed by atoms with Gasteiger partial charge in [-0.1, -0.05) is 24.0 Å². The summed E-state index contributed by atoms with van der Waals surface area (Å²) >= 11 is 1.37. The summed E-state index contributed by atoms with van der Waals surface area (Å²) in [5.74, 6) is 6.13. The zero-order valence-electron chi connectivity index (χ0n) is 12.2. The first-order valence-corrected chi connectivity index (χ1v) is 7.77. The molecule has 3 aromatic rings. The molecule has 2 aromatic heterocycles. The van der Waals surface area contributed by atoms with E-state index in [4.69, 9.17) is 4.74 Å². The van der Waals surface area contributed by atoms with E-state index in [2.05, 4.69) is 27.1 Å². The number of carbonyl (C=O) groups excluding carboxylic acids is 1. The molecule has 0 saturated heterocycles. The molecule has 6 heteroatoms. The lowest BCUT2D eigenvalue weighted by atomic mass is 10.3. The van der Waals surface area contributed by atoms with Crippen molar-refractivity contribution in [2.24, 2.45) is 0 Å². The highest BCUT2D eigenvalue weighted by molar-refractivity contribution is 7.20. The third-order valence-electron chi connectivity index (χ3n) is 2.90. The summed E-state index contributed by atoms with van der Waals surface area (Å²) in [6, 6.07) is 11.3. The Balaban J connectivity index is 1.47. The van der Waals surface area contributed by atoms with Crippen LogP contribution >= 0.6 is 11.3 Å². The van der Waals surface area contributed by atoms with Crippen molar-refractivity contribution in [3.05, 3.63) is 53.8 Å². The minimum atomic E-state index is -0.214. The van der Waals surface area contributed by atoms with Gasteiger partial charge in [0, 0.05) is 6.20 Å². The molecule has 0 atom stereocenters. The number of nitrogens with zero attached hydrogens (tertiary/aromatic N) is 2. The van der Waals surface area contributed by atoms with Gasteiger partial charge in [0.2, 0.25) is 0 Å². The number of carbonyl (C=O) groups is 1. The molecule has 23 heavy (non-hydrogen) atoms. The van der Waals surface area contributed by atoms with E-state index in [0.29, 0.717) is 10.8 Å². The molecule has 0 bridgehead atoms. The van der Waals surface area contributed by atoms with Crippen LogP contribution in [0, 0.1) is 11.8 Å². The van der Waals surface area contributed by atoms with Gasteiger partial charge < -0.3 is 10.1 Å². The lowest BCUT2D eigenvalue weighted by Crippen LogP contribution is -2.23. The second-order valence-electron chi connectivity index (χ2n) is 4.50. The van der Waals surface area contributed by atoms with Crippen LogP contribution in [-0.2, 0) is 0 Å². The number of ether oxygens (including phenoxy) is 1. The molecule has 0 radical (unpaired) electrons. The molecule has 5 nitrogen and oxygen atoms in total. The fraction of sp³-hybridized carbons (Fsp3) is 0.118. The number of hydrogen-bond donors (Lipinski definition) is 1. The summed E-state index contributed by atoms with van der Waals surface area (Å²) < 4.78 is 6.37. The lowest BCUT2D eigenvalue weighted by Gasteiger charge is -1.99. The molecule has 0 spiro atoms. The molecule has 1 amide bonds. The molecule has 0 fully saturated rings. The Morgan fingerprint density at radius 1 is 1.22 bits per heavy atom. The highest BCUT2D eigenvalue weighted by Crippen LogP contribution is 2.21. The summed E-state index contributed by atoms with van der Waals surface area (Å²) in [6.07, 6.45) is 3.30. The highest BCUT2D eigenvalue weighted by atomic mass is 32.1. The van der Waals surface area contributed by atoms with Crippen molar-refractivity contribution in [1.82, 2.24) is 15.3 Å². The van der Waals surface area contributed by atoms with Crippen LogP contribution in [0.4, 0.5) is 0 Å². The van der Waals surface area contributed by atoms with Crippen molar-refractivity contribution in [3.63, 3.8) is 0 Å². The minimum Gasteiger partial charge on any atom is -0.479 e. The van der Waals surface area contributed by atoms with Crippen LogP contribution in [0.3, 0.4) is 0 Å². The Kier molecular flexibility index (Phi) is 4.82. The van der Waals surface area contributed by atoms with Gasteiger partial charge in [0.1, 0.15) is 12.4 Å². The second-order valence-corrected chi connectivity index (χ2v) is 5.53. The third-order valence-corrected chi connectivity index (χ3v) is 3.93. The Hall–Kier alpha value is -2.91. The fourth-order valence-electron chi connectivity index (χ4n) is 1.83. The SMILES string of the molecule is O=C(NCC#CCOc1cccnc1)c1nc2ccccc2s1. The number of hydrogen-bond acceptors (Lipinski definition) is 5. The van der Waals surface area contributed by atoms with Crippen LogP contribution in [0.2, 0.25) is 0 Å². The maximum Gasteiger partial charge on any atom is 0.281 e. The van der Waals surface area contributed by atoms with E-state index in [1.54, 1.807) is 18.5 Å². The number of aromatic nitrogens is 2. The average Bonchev–Trinajstić information content (AvgIpc) is 3.03. The van der Waals surface area contributed by atoms with Crippen molar-refractivity contribution in [1.29, 1.82) is 0 Å². The molecular weight excluding hydrogens is 310 g/mol. The van der Waals surface area contributed by atoms with Gasteiger partial charge in [0.15, 0.2) is 5.01 Å². The van der Waals surface area contributed by atoms with Crippen molar-refractivity contribution < 1.29 is 9.53 Å². The van der Waals surface area contributed by atoms with Crippen LogP contribution in [0.5, 0.6) is 5.75 Å². The Morgan fingerprint density at radius 2 is 2.13 bits per heavy atom. The van der Waals surface area contributed by atoms with Crippen molar-refractivity contribution >= 4 is 27.5 Å². The largest absolute Gasteiger partial charge is 0.479 e. The van der Waals surface area contributed by atoms with Gasteiger partial charge in [-0.3, -0.25) is 9.78 Å². The van der Waals surface area contributed by atoms with Crippen molar-refractivity contribution in [2.75, 3.05) is 13.2 Å². The summed E-state index contributed by atoms with van der Waals surface area (Å²) in [5.41, 5.74) is 0.832. The first kappa shape index (κ1) is 15.0.